The summed E-state index contributed by atoms with van der Waals surface area (Å²) < 4.78 is 2.18. The zero-order valence-corrected chi connectivity index (χ0v) is 12.5. The van der Waals surface area contributed by atoms with Crippen molar-refractivity contribution in [3.63, 3.8) is 0 Å². The number of aromatic nitrogens is 2. The molecule has 0 aliphatic heterocycles. The third kappa shape index (κ3) is 3.18. The van der Waals surface area contributed by atoms with Crippen molar-refractivity contribution < 1.29 is 0 Å². The van der Waals surface area contributed by atoms with E-state index in [-0.39, 0.29) is 6.04 Å². The van der Waals surface area contributed by atoms with Crippen molar-refractivity contribution in [2.24, 2.45) is 0 Å². The number of H-pyrrole nitrogens is 1. The van der Waals surface area contributed by atoms with E-state index in [1.54, 1.807) is 6.20 Å². The van der Waals surface area contributed by atoms with E-state index in [1.165, 1.54) is 5.56 Å². The summed E-state index contributed by atoms with van der Waals surface area (Å²) in [6.07, 6.45) is 4.45. The molecule has 17 heavy (non-hydrogen) atoms. The summed E-state index contributed by atoms with van der Waals surface area (Å²) in [5, 5.41) is 3.31. The summed E-state index contributed by atoms with van der Waals surface area (Å²) in [6, 6.07) is 6.42. The molecule has 1 unspecified atom stereocenters. The third-order valence-corrected chi connectivity index (χ3v) is 3.85. The molecule has 90 valence electrons. The van der Waals surface area contributed by atoms with Crippen LogP contribution >= 0.6 is 31.9 Å². The fraction of sp³-hybridized carbons (Fsp3) is 0.250. The quantitative estimate of drug-likeness (QED) is 0.878. The first-order chi connectivity index (χ1) is 8.20. The highest BCUT2D eigenvalue weighted by molar-refractivity contribution is 9.11. The number of benzene rings is 1. The SMILES string of the molecule is CNC(Cc1ncc[nH]1)c1cc(Br)ccc1Br. The van der Waals surface area contributed by atoms with E-state index in [0.29, 0.717) is 0 Å². The third-order valence-electron chi connectivity index (χ3n) is 2.63. The number of likely N-dealkylation sites (N-methyl/N-ethyl adjacent to an activating group) is 1. The first-order valence-electron chi connectivity index (χ1n) is 5.31. The van der Waals surface area contributed by atoms with Crippen molar-refractivity contribution in [1.82, 2.24) is 15.3 Å². The summed E-state index contributed by atoms with van der Waals surface area (Å²) in [7, 11) is 1.96. The molecule has 2 rings (SSSR count). The Kier molecular flexibility index (Phi) is 4.36. The van der Waals surface area contributed by atoms with Crippen LogP contribution < -0.4 is 5.32 Å². The van der Waals surface area contributed by atoms with Crippen LogP contribution in [0.15, 0.2) is 39.5 Å². The molecule has 5 heteroatoms. The lowest BCUT2D eigenvalue weighted by atomic mass is 10.0. The Balaban J connectivity index is 2.25. The molecule has 0 saturated carbocycles. The maximum Gasteiger partial charge on any atom is 0.107 e. The normalized spacial score (nSPS) is 12.6. The molecule has 1 atom stereocenters. The highest BCUT2D eigenvalue weighted by atomic mass is 79.9. The number of rotatable bonds is 4. The second-order valence-corrected chi connectivity index (χ2v) is 5.52. The summed E-state index contributed by atoms with van der Waals surface area (Å²) >= 11 is 7.08. The van der Waals surface area contributed by atoms with Crippen LogP contribution in [0.4, 0.5) is 0 Å². The van der Waals surface area contributed by atoms with Gasteiger partial charge < -0.3 is 10.3 Å². The van der Waals surface area contributed by atoms with E-state index < -0.39 is 0 Å². The first kappa shape index (κ1) is 12.8. The van der Waals surface area contributed by atoms with Crippen LogP contribution in [0.2, 0.25) is 0 Å². The fourth-order valence-electron chi connectivity index (χ4n) is 1.75. The Hall–Kier alpha value is -0.650. The van der Waals surface area contributed by atoms with Gasteiger partial charge in [-0.1, -0.05) is 31.9 Å². The van der Waals surface area contributed by atoms with Crippen LogP contribution in [0.5, 0.6) is 0 Å². The molecule has 2 N–H and O–H groups in total. The van der Waals surface area contributed by atoms with Gasteiger partial charge in [-0.2, -0.15) is 0 Å². The lowest BCUT2D eigenvalue weighted by Gasteiger charge is -2.17. The summed E-state index contributed by atoms with van der Waals surface area (Å²) in [6.45, 7) is 0. The maximum atomic E-state index is 4.26. The van der Waals surface area contributed by atoms with E-state index >= 15 is 0 Å². The number of hydrogen-bond acceptors (Lipinski definition) is 2. The Morgan fingerprint density at radius 2 is 2.24 bits per heavy atom. The van der Waals surface area contributed by atoms with Crippen LogP contribution in [0, 0.1) is 0 Å². The Morgan fingerprint density at radius 1 is 1.41 bits per heavy atom. The Bertz CT molecular complexity index is 483. The van der Waals surface area contributed by atoms with Gasteiger partial charge in [0.2, 0.25) is 0 Å². The lowest BCUT2D eigenvalue weighted by Crippen LogP contribution is -2.20. The Labute approximate surface area is 117 Å². The zero-order valence-electron chi connectivity index (χ0n) is 9.37. The minimum atomic E-state index is 0.230. The molecule has 3 nitrogen and oxygen atoms in total. The van der Waals surface area contributed by atoms with Gasteiger partial charge in [0.25, 0.3) is 0 Å². The number of nitrogens with zero attached hydrogens (tertiary/aromatic N) is 1. The maximum absolute atomic E-state index is 4.26. The second kappa shape index (κ2) is 5.80. The van der Waals surface area contributed by atoms with E-state index in [9.17, 15) is 0 Å². The van der Waals surface area contributed by atoms with Crippen LogP contribution in [0.1, 0.15) is 17.4 Å². The molecule has 0 saturated heterocycles. The molecule has 1 heterocycles. The van der Waals surface area contributed by atoms with Crippen molar-refractivity contribution in [1.29, 1.82) is 0 Å². The van der Waals surface area contributed by atoms with Gasteiger partial charge in [0, 0.05) is 33.8 Å². The average Bonchev–Trinajstić information content (AvgIpc) is 2.82. The number of halogens is 2. The second-order valence-electron chi connectivity index (χ2n) is 3.75. The first-order valence-corrected chi connectivity index (χ1v) is 6.89. The summed E-state index contributed by atoms with van der Waals surface area (Å²) in [4.78, 5) is 7.39. The van der Waals surface area contributed by atoms with E-state index in [1.807, 2.05) is 25.4 Å². The van der Waals surface area contributed by atoms with Gasteiger partial charge in [0.1, 0.15) is 5.82 Å². The Morgan fingerprint density at radius 3 is 2.88 bits per heavy atom. The van der Waals surface area contributed by atoms with Gasteiger partial charge in [-0.15, -0.1) is 0 Å². The van der Waals surface area contributed by atoms with Crippen LogP contribution in [-0.4, -0.2) is 17.0 Å². The molecule has 1 aromatic heterocycles. The van der Waals surface area contributed by atoms with Crippen molar-refractivity contribution >= 4 is 31.9 Å². The molecule has 1 aromatic carbocycles. The molecule has 0 aliphatic rings. The monoisotopic (exact) mass is 357 g/mol. The van der Waals surface area contributed by atoms with E-state index in [4.69, 9.17) is 0 Å². The standard InChI is InChI=1S/C12H13Br2N3/c1-15-11(7-12-16-4-5-17-12)9-6-8(13)2-3-10(9)14/h2-6,11,15H,7H2,1H3,(H,16,17). The largest absolute Gasteiger partial charge is 0.349 e. The van der Waals surface area contributed by atoms with Gasteiger partial charge in [0.15, 0.2) is 0 Å². The van der Waals surface area contributed by atoms with Gasteiger partial charge in [-0.25, -0.2) is 4.98 Å². The number of aromatic amines is 1. The zero-order chi connectivity index (χ0) is 12.3. The predicted molar refractivity (Wildman–Crippen MR) is 75.9 cm³/mol. The van der Waals surface area contributed by atoms with E-state index in [0.717, 1.165) is 21.2 Å². The van der Waals surface area contributed by atoms with Crippen LogP contribution in [-0.2, 0) is 6.42 Å². The van der Waals surface area contributed by atoms with Gasteiger partial charge in [0.05, 0.1) is 0 Å². The van der Waals surface area contributed by atoms with Crippen molar-refractivity contribution in [2.45, 2.75) is 12.5 Å². The predicted octanol–water partition coefficient (Wildman–Crippen LogP) is 3.44. The molecule has 2 aromatic rings. The minimum absolute atomic E-state index is 0.230. The highest BCUT2D eigenvalue weighted by Gasteiger charge is 2.14. The molecule has 0 fully saturated rings. The number of nitrogens with one attached hydrogen (secondary N) is 2. The lowest BCUT2D eigenvalue weighted by molar-refractivity contribution is 0.575. The van der Waals surface area contributed by atoms with Gasteiger partial charge in [-0.05, 0) is 30.8 Å². The topological polar surface area (TPSA) is 40.7 Å². The molecule has 0 amide bonds. The van der Waals surface area contributed by atoms with Gasteiger partial charge in [-0.3, -0.25) is 0 Å². The smallest absolute Gasteiger partial charge is 0.107 e. The number of hydrogen-bond donors (Lipinski definition) is 2. The molecule has 0 radical (unpaired) electrons. The summed E-state index contributed by atoms with van der Waals surface area (Å²) in [5.41, 5.74) is 1.22. The molecule has 0 bridgehead atoms. The average molecular weight is 359 g/mol. The number of imidazole rings is 1. The van der Waals surface area contributed by atoms with E-state index in [2.05, 4.69) is 53.2 Å². The highest BCUT2D eigenvalue weighted by Crippen LogP contribution is 2.28. The van der Waals surface area contributed by atoms with Gasteiger partial charge >= 0.3 is 0 Å². The van der Waals surface area contributed by atoms with Crippen molar-refractivity contribution in [2.75, 3.05) is 7.05 Å². The fourth-order valence-corrected chi connectivity index (χ4v) is 2.65. The molecule has 0 spiro atoms. The van der Waals surface area contributed by atoms with Crippen molar-refractivity contribution in [3.05, 3.63) is 50.9 Å². The molecule has 0 aliphatic carbocycles. The summed E-state index contributed by atoms with van der Waals surface area (Å²) in [5.74, 6) is 0.983. The minimum Gasteiger partial charge on any atom is -0.349 e. The van der Waals surface area contributed by atoms with Crippen LogP contribution in [0.3, 0.4) is 0 Å². The van der Waals surface area contributed by atoms with Crippen molar-refractivity contribution in [3.8, 4) is 0 Å². The molecular formula is C12H13Br2N3. The van der Waals surface area contributed by atoms with Crippen LogP contribution in [0.25, 0.3) is 0 Å². The molecular weight excluding hydrogens is 346 g/mol.